The van der Waals surface area contributed by atoms with Gasteiger partial charge in [-0.2, -0.15) is 0 Å². The zero-order chi connectivity index (χ0) is 21.6. The van der Waals surface area contributed by atoms with Gasteiger partial charge >= 0.3 is 0 Å². The number of hydrogen-bond acceptors (Lipinski definition) is 4. The highest BCUT2D eigenvalue weighted by Crippen LogP contribution is 2.23. The number of carbonyl (C=O) groups is 1. The van der Waals surface area contributed by atoms with E-state index in [0.29, 0.717) is 24.5 Å². The van der Waals surface area contributed by atoms with Crippen LogP contribution < -0.4 is 14.8 Å². The fourth-order valence-electron chi connectivity index (χ4n) is 3.60. The molecular weight excluding hydrogens is 390 g/mol. The Hall–Kier alpha value is -3.80. The van der Waals surface area contributed by atoms with Gasteiger partial charge in [0.25, 0.3) is 5.91 Å². The fraction of sp³-hybridized carbons (Fsp3) is 0.200. The summed E-state index contributed by atoms with van der Waals surface area (Å²) < 4.78 is 13.3. The average molecular weight is 415 g/mol. The van der Waals surface area contributed by atoms with E-state index in [2.05, 4.69) is 9.88 Å². The SMILES string of the molecule is COc1ccccc1C(=O)NC(C)c1nc2ccccc2n1CCOc1ccccc1. The van der Waals surface area contributed by atoms with Gasteiger partial charge in [-0.15, -0.1) is 0 Å². The first-order valence-electron chi connectivity index (χ1n) is 10.2. The molecular formula is C25H25N3O3. The number of aromatic nitrogens is 2. The summed E-state index contributed by atoms with van der Waals surface area (Å²) in [4.78, 5) is 17.7. The Morgan fingerprint density at radius 3 is 2.52 bits per heavy atom. The molecule has 0 aliphatic carbocycles. The lowest BCUT2D eigenvalue weighted by Gasteiger charge is -2.17. The molecule has 6 nitrogen and oxygen atoms in total. The molecule has 0 saturated carbocycles. The number of carbonyl (C=O) groups excluding carboxylic acids is 1. The number of hydrogen-bond donors (Lipinski definition) is 1. The number of rotatable bonds is 8. The maximum absolute atomic E-state index is 12.9. The third-order valence-corrected chi connectivity index (χ3v) is 5.10. The fourth-order valence-corrected chi connectivity index (χ4v) is 3.60. The summed E-state index contributed by atoms with van der Waals surface area (Å²) in [6, 6.07) is 24.5. The van der Waals surface area contributed by atoms with Crippen molar-refractivity contribution in [3.05, 3.63) is 90.3 Å². The van der Waals surface area contributed by atoms with E-state index in [4.69, 9.17) is 14.5 Å². The number of imidazole rings is 1. The van der Waals surface area contributed by atoms with Gasteiger partial charge in [0.1, 0.15) is 23.9 Å². The number of methoxy groups -OCH3 is 1. The van der Waals surface area contributed by atoms with Gasteiger partial charge in [-0.3, -0.25) is 4.79 Å². The van der Waals surface area contributed by atoms with E-state index >= 15 is 0 Å². The minimum absolute atomic E-state index is 0.205. The molecule has 0 saturated heterocycles. The van der Waals surface area contributed by atoms with Gasteiger partial charge in [0.05, 0.1) is 36.3 Å². The molecule has 31 heavy (non-hydrogen) atoms. The Morgan fingerprint density at radius 1 is 1.00 bits per heavy atom. The van der Waals surface area contributed by atoms with Crippen molar-refractivity contribution < 1.29 is 14.3 Å². The Bertz CT molecular complexity index is 1170. The molecule has 0 aliphatic heterocycles. The molecule has 1 amide bonds. The van der Waals surface area contributed by atoms with Crippen molar-refractivity contribution in [2.45, 2.75) is 19.5 Å². The second kappa shape index (κ2) is 9.34. The molecule has 4 aromatic rings. The van der Waals surface area contributed by atoms with E-state index in [9.17, 15) is 4.79 Å². The van der Waals surface area contributed by atoms with Crippen molar-refractivity contribution in [2.75, 3.05) is 13.7 Å². The van der Waals surface area contributed by atoms with Crippen LogP contribution in [0.1, 0.15) is 29.1 Å². The van der Waals surface area contributed by atoms with E-state index in [0.717, 1.165) is 22.6 Å². The normalized spacial score (nSPS) is 11.8. The summed E-state index contributed by atoms with van der Waals surface area (Å²) in [6.45, 7) is 3.03. The molecule has 1 aromatic heterocycles. The Kier molecular flexibility index (Phi) is 6.17. The number of nitrogens with one attached hydrogen (secondary N) is 1. The van der Waals surface area contributed by atoms with Gasteiger partial charge in [0, 0.05) is 0 Å². The highest BCUT2D eigenvalue weighted by Gasteiger charge is 2.20. The average Bonchev–Trinajstić information content (AvgIpc) is 3.18. The van der Waals surface area contributed by atoms with Crippen LogP contribution in [0.15, 0.2) is 78.9 Å². The number of amides is 1. The third kappa shape index (κ3) is 4.53. The van der Waals surface area contributed by atoms with Gasteiger partial charge in [-0.25, -0.2) is 4.98 Å². The molecule has 0 bridgehead atoms. The predicted molar refractivity (Wildman–Crippen MR) is 121 cm³/mol. The zero-order valence-corrected chi connectivity index (χ0v) is 17.6. The number of fused-ring (bicyclic) bond motifs is 1. The van der Waals surface area contributed by atoms with Crippen LogP contribution in [0.2, 0.25) is 0 Å². The third-order valence-electron chi connectivity index (χ3n) is 5.10. The standard InChI is InChI=1S/C25H25N3O3/c1-18(26-25(29)20-12-6-9-15-23(20)30-2)24-27-21-13-7-8-14-22(21)28(24)16-17-31-19-10-4-3-5-11-19/h3-15,18H,16-17H2,1-2H3,(H,26,29). The molecule has 4 rings (SSSR count). The van der Waals surface area contributed by atoms with Crippen molar-refractivity contribution >= 4 is 16.9 Å². The van der Waals surface area contributed by atoms with E-state index in [-0.39, 0.29) is 11.9 Å². The molecule has 3 aromatic carbocycles. The van der Waals surface area contributed by atoms with Gasteiger partial charge in [0.15, 0.2) is 0 Å². The first-order chi connectivity index (χ1) is 15.2. The Balaban J connectivity index is 1.56. The topological polar surface area (TPSA) is 65.4 Å². The van der Waals surface area contributed by atoms with Crippen LogP contribution in [0.3, 0.4) is 0 Å². The van der Waals surface area contributed by atoms with E-state index in [1.54, 1.807) is 19.2 Å². The minimum atomic E-state index is -0.304. The van der Waals surface area contributed by atoms with E-state index in [1.807, 2.05) is 73.7 Å². The smallest absolute Gasteiger partial charge is 0.255 e. The molecule has 1 unspecified atom stereocenters. The minimum Gasteiger partial charge on any atom is -0.496 e. The lowest BCUT2D eigenvalue weighted by atomic mass is 10.1. The van der Waals surface area contributed by atoms with Crippen LogP contribution >= 0.6 is 0 Å². The van der Waals surface area contributed by atoms with Crippen molar-refractivity contribution in [3.63, 3.8) is 0 Å². The van der Waals surface area contributed by atoms with Crippen LogP contribution in [-0.2, 0) is 6.54 Å². The number of ether oxygens (including phenoxy) is 2. The Morgan fingerprint density at radius 2 is 1.71 bits per heavy atom. The maximum atomic E-state index is 12.9. The largest absolute Gasteiger partial charge is 0.496 e. The quantitative estimate of drug-likeness (QED) is 0.456. The molecule has 0 aliphatic rings. The molecule has 6 heteroatoms. The van der Waals surface area contributed by atoms with Crippen LogP contribution in [0, 0.1) is 0 Å². The van der Waals surface area contributed by atoms with Crippen molar-refractivity contribution in [1.82, 2.24) is 14.9 Å². The first-order valence-corrected chi connectivity index (χ1v) is 10.2. The molecule has 1 heterocycles. The molecule has 1 N–H and O–H groups in total. The molecule has 1 atom stereocenters. The van der Waals surface area contributed by atoms with Crippen molar-refractivity contribution in [1.29, 1.82) is 0 Å². The van der Waals surface area contributed by atoms with Gasteiger partial charge in [0.2, 0.25) is 0 Å². The second-order valence-corrected chi connectivity index (χ2v) is 7.17. The summed E-state index contributed by atoms with van der Waals surface area (Å²) in [6.07, 6.45) is 0. The number of para-hydroxylation sites is 4. The molecule has 0 radical (unpaired) electrons. The van der Waals surface area contributed by atoms with Crippen molar-refractivity contribution in [3.8, 4) is 11.5 Å². The predicted octanol–water partition coefficient (Wildman–Crippen LogP) is 4.61. The Labute approximate surface area is 181 Å². The highest BCUT2D eigenvalue weighted by atomic mass is 16.5. The molecule has 0 spiro atoms. The monoisotopic (exact) mass is 415 g/mol. The van der Waals surface area contributed by atoms with Crippen LogP contribution in [0.5, 0.6) is 11.5 Å². The summed E-state index contributed by atoms with van der Waals surface area (Å²) in [5.41, 5.74) is 2.38. The van der Waals surface area contributed by atoms with Gasteiger partial charge in [-0.1, -0.05) is 42.5 Å². The number of benzene rings is 3. The summed E-state index contributed by atoms with van der Waals surface area (Å²) >= 11 is 0. The second-order valence-electron chi connectivity index (χ2n) is 7.17. The summed E-state index contributed by atoms with van der Waals surface area (Å²) in [5, 5.41) is 3.05. The zero-order valence-electron chi connectivity index (χ0n) is 17.6. The molecule has 0 fully saturated rings. The first kappa shape index (κ1) is 20.5. The van der Waals surface area contributed by atoms with Gasteiger partial charge in [-0.05, 0) is 43.3 Å². The van der Waals surface area contributed by atoms with Crippen LogP contribution in [-0.4, -0.2) is 29.2 Å². The van der Waals surface area contributed by atoms with Crippen molar-refractivity contribution in [2.24, 2.45) is 0 Å². The molecule has 158 valence electrons. The van der Waals surface area contributed by atoms with Gasteiger partial charge < -0.3 is 19.4 Å². The maximum Gasteiger partial charge on any atom is 0.255 e. The highest BCUT2D eigenvalue weighted by molar-refractivity contribution is 5.97. The van der Waals surface area contributed by atoms with E-state index < -0.39 is 0 Å². The van der Waals surface area contributed by atoms with Crippen LogP contribution in [0.25, 0.3) is 11.0 Å². The summed E-state index contributed by atoms with van der Waals surface area (Å²) in [7, 11) is 1.56. The lowest BCUT2D eigenvalue weighted by molar-refractivity contribution is 0.0934. The summed E-state index contributed by atoms with van der Waals surface area (Å²) in [5.74, 6) is 1.94. The van der Waals surface area contributed by atoms with Crippen LogP contribution in [0.4, 0.5) is 0 Å². The number of nitrogens with zero attached hydrogens (tertiary/aromatic N) is 2. The lowest BCUT2D eigenvalue weighted by Crippen LogP contribution is -2.29. The van der Waals surface area contributed by atoms with E-state index in [1.165, 1.54) is 0 Å².